The summed E-state index contributed by atoms with van der Waals surface area (Å²) in [5.74, 6) is -1.16. The molecule has 2 aromatic rings. The molecule has 122 valence electrons. The Hall–Kier alpha value is -2.22. The van der Waals surface area contributed by atoms with E-state index in [1.165, 1.54) is 66.2 Å². The first-order chi connectivity index (χ1) is 11.1. The van der Waals surface area contributed by atoms with Crippen molar-refractivity contribution in [1.82, 2.24) is 14.8 Å². The third kappa shape index (κ3) is 3.26. The largest absolute Gasteiger partial charge is 0.478 e. The predicted molar refractivity (Wildman–Crippen MR) is 86.1 cm³/mol. The molecule has 1 aliphatic carbocycles. The summed E-state index contributed by atoms with van der Waals surface area (Å²) < 4.78 is 1.26. The minimum atomic E-state index is -1.18. The molecule has 2 heterocycles. The van der Waals surface area contributed by atoms with Crippen molar-refractivity contribution in [3.05, 3.63) is 28.5 Å². The van der Waals surface area contributed by atoms with Crippen LogP contribution in [0, 0.1) is 0 Å². The van der Waals surface area contributed by atoms with E-state index >= 15 is 0 Å². The van der Waals surface area contributed by atoms with Crippen LogP contribution in [0.3, 0.4) is 0 Å². The third-order valence-electron chi connectivity index (χ3n) is 4.14. The number of aromatic nitrogens is 3. The standard InChI is InChI=1S/C15H18N4O3S/c1-19-12(10(7-17-19)14(21)22)13(20)18-15-16-8-11(23-15)9-5-3-2-4-6-9/h7-9H,2-6H2,1H3,(H,21,22)(H,16,18,20). The maximum Gasteiger partial charge on any atom is 0.339 e. The predicted octanol–water partition coefficient (Wildman–Crippen LogP) is 2.87. The van der Waals surface area contributed by atoms with Crippen molar-refractivity contribution in [2.75, 3.05) is 5.32 Å². The van der Waals surface area contributed by atoms with Gasteiger partial charge in [0.05, 0.1) is 6.20 Å². The summed E-state index contributed by atoms with van der Waals surface area (Å²) in [6.07, 6.45) is 9.09. The minimum Gasteiger partial charge on any atom is -0.478 e. The first-order valence-electron chi connectivity index (χ1n) is 7.58. The van der Waals surface area contributed by atoms with Crippen LogP contribution in [0.1, 0.15) is 63.7 Å². The Morgan fingerprint density at radius 3 is 2.74 bits per heavy atom. The highest BCUT2D eigenvalue weighted by molar-refractivity contribution is 7.15. The molecule has 3 rings (SSSR count). The van der Waals surface area contributed by atoms with Crippen molar-refractivity contribution in [3.63, 3.8) is 0 Å². The summed E-state index contributed by atoms with van der Waals surface area (Å²) in [5.41, 5.74) is -0.0963. The van der Waals surface area contributed by atoms with E-state index in [9.17, 15) is 9.59 Å². The molecule has 0 aliphatic heterocycles. The monoisotopic (exact) mass is 334 g/mol. The van der Waals surface area contributed by atoms with Gasteiger partial charge in [-0.3, -0.25) is 14.8 Å². The summed E-state index contributed by atoms with van der Waals surface area (Å²) in [7, 11) is 1.54. The van der Waals surface area contributed by atoms with E-state index in [-0.39, 0.29) is 11.3 Å². The number of hydrogen-bond donors (Lipinski definition) is 2. The summed E-state index contributed by atoms with van der Waals surface area (Å²) in [6, 6.07) is 0. The van der Waals surface area contributed by atoms with E-state index in [0.717, 1.165) is 0 Å². The van der Waals surface area contributed by atoms with E-state index in [0.29, 0.717) is 11.0 Å². The number of aryl methyl sites for hydroxylation is 1. The van der Waals surface area contributed by atoms with Gasteiger partial charge in [0.1, 0.15) is 11.3 Å². The number of rotatable bonds is 4. The van der Waals surface area contributed by atoms with Gasteiger partial charge in [0.15, 0.2) is 5.13 Å². The fraction of sp³-hybridized carbons (Fsp3) is 0.467. The number of carbonyl (C=O) groups excluding carboxylic acids is 1. The normalized spacial score (nSPS) is 15.5. The van der Waals surface area contributed by atoms with Crippen molar-refractivity contribution in [2.24, 2.45) is 7.05 Å². The van der Waals surface area contributed by atoms with Crippen LogP contribution in [0.5, 0.6) is 0 Å². The second-order valence-corrected chi connectivity index (χ2v) is 6.75. The number of amides is 1. The average Bonchev–Trinajstić information content (AvgIpc) is 3.15. The molecule has 2 N–H and O–H groups in total. The molecule has 2 aromatic heterocycles. The van der Waals surface area contributed by atoms with E-state index < -0.39 is 11.9 Å². The average molecular weight is 334 g/mol. The molecule has 1 amide bonds. The highest BCUT2D eigenvalue weighted by Gasteiger charge is 2.23. The van der Waals surface area contributed by atoms with Crippen LogP contribution in [0.25, 0.3) is 0 Å². The van der Waals surface area contributed by atoms with Crippen molar-refractivity contribution in [3.8, 4) is 0 Å². The van der Waals surface area contributed by atoms with Gasteiger partial charge in [0.25, 0.3) is 5.91 Å². The van der Waals surface area contributed by atoms with Crippen molar-refractivity contribution in [1.29, 1.82) is 0 Å². The van der Waals surface area contributed by atoms with Crippen molar-refractivity contribution in [2.45, 2.75) is 38.0 Å². The van der Waals surface area contributed by atoms with Crippen LogP contribution >= 0.6 is 11.3 Å². The number of anilines is 1. The number of aromatic carboxylic acids is 1. The lowest BCUT2D eigenvalue weighted by Crippen LogP contribution is -2.19. The molecule has 0 aromatic carbocycles. The van der Waals surface area contributed by atoms with Crippen LogP contribution in [0.4, 0.5) is 5.13 Å². The van der Waals surface area contributed by atoms with Crippen LogP contribution in [-0.4, -0.2) is 31.7 Å². The Labute approximate surface area is 137 Å². The second kappa shape index (κ2) is 6.49. The quantitative estimate of drug-likeness (QED) is 0.896. The van der Waals surface area contributed by atoms with Gasteiger partial charge in [-0.15, -0.1) is 11.3 Å². The van der Waals surface area contributed by atoms with Crippen molar-refractivity contribution >= 4 is 28.3 Å². The topological polar surface area (TPSA) is 97.1 Å². The molecule has 1 fully saturated rings. The zero-order valence-electron chi connectivity index (χ0n) is 12.8. The number of thiazole rings is 1. The zero-order chi connectivity index (χ0) is 16.4. The molecular formula is C15H18N4O3S. The minimum absolute atomic E-state index is 0.0203. The van der Waals surface area contributed by atoms with Gasteiger partial charge < -0.3 is 5.11 Å². The first-order valence-corrected chi connectivity index (χ1v) is 8.40. The molecule has 23 heavy (non-hydrogen) atoms. The second-order valence-electron chi connectivity index (χ2n) is 5.69. The lowest BCUT2D eigenvalue weighted by atomic mass is 9.89. The lowest BCUT2D eigenvalue weighted by molar-refractivity contribution is 0.0692. The van der Waals surface area contributed by atoms with Crippen molar-refractivity contribution < 1.29 is 14.7 Å². The number of carbonyl (C=O) groups is 2. The molecule has 0 unspecified atom stereocenters. The molecule has 0 atom stereocenters. The molecule has 1 saturated carbocycles. The maximum atomic E-state index is 12.3. The fourth-order valence-electron chi connectivity index (χ4n) is 2.94. The number of hydrogen-bond acceptors (Lipinski definition) is 5. The van der Waals surface area contributed by atoms with Gasteiger partial charge in [-0.2, -0.15) is 5.10 Å². The Morgan fingerprint density at radius 1 is 1.30 bits per heavy atom. The molecular weight excluding hydrogens is 316 g/mol. The highest BCUT2D eigenvalue weighted by atomic mass is 32.1. The van der Waals surface area contributed by atoms with Gasteiger partial charge >= 0.3 is 5.97 Å². The first kappa shape index (κ1) is 15.7. The van der Waals surface area contributed by atoms with Gasteiger partial charge in [0, 0.05) is 18.1 Å². The molecule has 0 radical (unpaired) electrons. The van der Waals surface area contributed by atoms with Crippen LogP contribution in [0.15, 0.2) is 12.4 Å². The van der Waals surface area contributed by atoms with E-state index in [1.807, 2.05) is 6.20 Å². The highest BCUT2D eigenvalue weighted by Crippen LogP contribution is 2.36. The summed E-state index contributed by atoms with van der Waals surface area (Å²) in [5, 5.41) is 16.1. The molecule has 0 saturated heterocycles. The Bertz CT molecular complexity index is 731. The van der Waals surface area contributed by atoms with Gasteiger partial charge in [-0.25, -0.2) is 9.78 Å². The molecule has 0 bridgehead atoms. The fourth-order valence-corrected chi connectivity index (χ4v) is 3.92. The van der Waals surface area contributed by atoms with Crippen LogP contribution in [0.2, 0.25) is 0 Å². The summed E-state index contributed by atoms with van der Waals surface area (Å²) >= 11 is 1.46. The summed E-state index contributed by atoms with van der Waals surface area (Å²) in [4.78, 5) is 28.9. The van der Waals surface area contributed by atoms with E-state index in [2.05, 4.69) is 15.4 Å². The number of carboxylic acids is 1. The molecule has 1 aliphatic rings. The maximum absolute atomic E-state index is 12.3. The summed E-state index contributed by atoms with van der Waals surface area (Å²) in [6.45, 7) is 0. The SMILES string of the molecule is Cn1ncc(C(=O)O)c1C(=O)Nc1ncc(C2CCCCC2)s1. The Balaban J connectivity index is 1.75. The van der Waals surface area contributed by atoms with Crippen LogP contribution < -0.4 is 5.32 Å². The Kier molecular flexibility index (Phi) is 4.42. The van der Waals surface area contributed by atoms with E-state index in [4.69, 9.17) is 5.11 Å². The van der Waals surface area contributed by atoms with Crippen LogP contribution in [-0.2, 0) is 7.05 Å². The zero-order valence-corrected chi connectivity index (χ0v) is 13.6. The van der Waals surface area contributed by atoms with E-state index in [1.54, 1.807) is 0 Å². The lowest BCUT2D eigenvalue weighted by Gasteiger charge is -2.19. The van der Waals surface area contributed by atoms with Gasteiger partial charge in [-0.1, -0.05) is 19.3 Å². The number of nitrogens with one attached hydrogen (secondary N) is 1. The molecule has 0 spiro atoms. The molecule has 8 heteroatoms. The number of carboxylic acid groups (broad SMARTS) is 1. The third-order valence-corrected chi connectivity index (χ3v) is 5.21. The number of nitrogens with zero attached hydrogens (tertiary/aromatic N) is 3. The Morgan fingerprint density at radius 2 is 2.04 bits per heavy atom. The van der Waals surface area contributed by atoms with Gasteiger partial charge in [-0.05, 0) is 18.8 Å². The smallest absolute Gasteiger partial charge is 0.339 e. The molecule has 7 nitrogen and oxygen atoms in total. The van der Waals surface area contributed by atoms with Gasteiger partial charge in [0.2, 0.25) is 0 Å².